The highest BCUT2D eigenvalue weighted by molar-refractivity contribution is 7.99. The second-order valence-electron chi connectivity index (χ2n) is 7.06. The molecule has 8 nitrogen and oxygen atoms in total. The minimum atomic E-state index is -0.336. The molecule has 0 spiro atoms. The van der Waals surface area contributed by atoms with Crippen LogP contribution in [0.25, 0.3) is 28.0 Å². The van der Waals surface area contributed by atoms with Crippen molar-refractivity contribution >= 4 is 45.0 Å². The highest BCUT2D eigenvalue weighted by atomic mass is 32.2. The van der Waals surface area contributed by atoms with Gasteiger partial charge in [0, 0.05) is 28.4 Å². The molecule has 0 saturated carbocycles. The van der Waals surface area contributed by atoms with Crippen molar-refractivity contribution in [3.8, 4) is 17.1 Å². The molecule has 0 aliphatic heterocycles. The third-order valence-corrected chi connectivity index (χ3v) is 6.81. The smallest absolute Gasteiger partial charge is 0.236 e. The summed E-state index contributed by atoms with van der Waals surface area (Å²) in [6.45, 7) is 1.98. The first kappa shape index (κ1) is 21.3. The quantitative estimate of drug-likeness (QED) is 0.328. The maximum absolute atomic E-state index is 13.6. The Kier molecular flexibility index (Phi) is 5.88. The summed E-state index contributed by atoms with van der Waals surface area (Å²) in [5.41, 5.74) is 2.53. The van der Waals surface area contributed by atoms with Crippen molar-refractivity contribution in [3.63, 3.8) is 0 Å². The molecule has 0 saturated heterocycles. The Hall–Kier alpha value is -3.57. The Morgan fingerprint density at radius 1 is 1.12 bits per heavy atom. The highest BCUT2D eigenvalue weighted by Gasteiger charge is 2.20. The van der Waals surface area contributed by atoms with Crippen LogP contribution in [0, 0.1) is 5.82 Å². The summed E-state index contributed by atoms with van der Waals surface area (Å²) in [4.78, 5) is 15.7. The average Bonchev–Trinajstić information content (AvgIpc) is 3.56. The van der Waals surface area contributed by atoms with Crippen molar-refractivity contribution in [2.75, 3.05) is 11.1 Å². The molecule has 11 heteroatoms. The predicted octanol–water partition coefficient (Wildman–Crippen LogP) is 4.70. The first-order valence-corrected chi connectivity index (χ1v) is 12.0. The number of aryl methyl sites for hydroxylation is 1. The molecule has 2 aromatic carbocycles. The number of thioether (sulfide) groups is 1. The van der Waals surface area contributed by atoms with Gasteiger partial charge in [0.25, 0.3) is 0 Å². The Balaban J connectivity index is 1.46. The summed E-state index contributed by atoms with van der Waals surface area (Å²) in [6, 6.07) is 14.0. The van der Waals surface area contributed by atoms with Gasteiger partial charge in [0.15, 0.2) is 11.0 Å². The number of rotatable bonds is 7. The minimum absolute atomic E-state index is 0.105. The topological polar surface area (TPSA) is 101 Å². The van der Waals surface area contributed by atoms with Gasteiger partial charge in [-0.2, -0.15) is 0 Å². The number of hydrogen-bond donors (Lipinski definition) is 2. The largest absolute Gasteiger partial charge is 0.360 e. The molecule has 1 amide bonds. The average molecular weight is 480 g/mol. The van der Waals surface area contributed by atoms with Crippen LogP contribution in [0.1, 0.15) is 11.9 Å². The Labute approximate surface area is 196 Å². The number of halogens is 1. The van der Waals surface area contributed by atoms with Gasteiger partial charge in [-0.15, -0.1) is 20.4 Å². The van der Waals surface area contributed by atoms with E-state index in [2.05, 4.69) is 30.7 Å². The van der Waals surface area contributed by atoms with Crippen molar-refractivity contribution in [2.24, 2.45) is 0 Å². The third-order valence-electron chi connectivity index (χ3n) is 4.90. The monoisotopic (exact) mass is 479 g/mol. The second kappa shape index (κ2) is 9.12. The van der Waals surface area contributed by atoms with Gasteiger partial charge in [-0.25, -0.2) is 4.39 Å². The van der Waals surface area contributed by atoms with E-state index in [-0.39, 0.29) is 17.5 Å². The highest BCUT2D eigenvalue weighted by Crippen LogP contribution is 2.32. The van der Waals surface area contributed by atoms with Crippen LogP contribution in [0.3, 0.4) is 0 Å². The molecule has 5 rings (SSSR count). The van der Waals surface area contributed by atoms with E-state index in [4.69, 9.17) is 0 Å². The molecule has 0 atom stereocenters. The van der Waals surface area contributed by atoms with Crippen LogP contribution in [0.5, 0.6) is 0 Å². The zero-order valence-electron chi connectivity index (χ0n) is 17.4. The van der Waals surface area contributed by atoms with Crippen molar-refractivity contribution in [3.05, 3.63) is 65.6 Å². The van der Waals surface area contributed by atoms with E-state index < -0.39 is 0 Å². The number of amides is 1. The van der Waals surface area contributed by atoms with Gasteiger partial charge in [0.05, 0.1) is 5.75 Å². The number of aromatic nitrogens is 6. The number of carbonyl (C=O) groups is 1. The predicted molar refractivity (Wildman–Crippen MR) is 127 cm³/mol. The van der Waals surface area contributed by atoms with Crippen LogP contribution in [0.4, 0.5) is 9.52 Å². The minimum Gasteiger partial charge on any atom is -0.360 e. The molecule has 0 aliphatic rings. The standard InChI is InChI=1S/C22H18FN7OS2/c1-2-19-26-28-21(33-19)25-18(31)12-32-22-29-27-20(30(22)14-9-7-13(23)8-10-14)16-11-24-17-6-4-3-5-15(16)17/h3-11,24H,2,12H2,1H3,(H,25,28,31). The summed E-state index contributed by atoms with van der Waals surface area (Å²) in [5, 5.41) is 22.3. The van der Waals surface area contributed by atoms with E-state index in [0.29, 0.717) is 21.8 Å². The fourth-order valence-electron chi connectivity index (χ4n) is 3.35. The number of nitrogens with zero attached hydrogens (tertiary/aromatic N) is 5. The van der Waals surface area contributed by atoms with Gasteiger partial charge >= 0.3 is 0 Å². The SMILES string of the molecule is CCc1nnc(NC(=O)CSc2nnc(-c3c[nH]c4ccccc34)n2-c2ccc(F)cc2)s1. The summed E-state index contributed by atoms with van der Waals surface area (Å²) < 4.78 is 15.4. The van der Waals surface area contributed by atoms with Crippen LogP contribution in [-0.2, 0) is 11.2 Å². The molecule has 0 unspecified atom stereocenters. The molecule has 2 N–H and O–H groups in total. The number of nitrogens with one attached hydrogen (secondary N) is 2. The lowest BCUT2D eigenvalue weighted by Gasteiger charge is -2.10. The normalized spacial score (nSPS) is 11.2. The van der Waals surface area contributed by atoms with Crippen molar-refractivity contribution in [1.29, 1.82) is 0 Å². The lowest BCUT2D eigenvalue weighted by atomic mass is 10.1. The van der Waals surface area contributed by atoms with E-state index in [1.807, 2.05) is 42.0 Å². The first-order valence-electron chi connectivity index (χ1n) is 10.1. The number of anilines is 1. The molecule has 3 aromatic heterocycles. The van der Waals surface area contributed by atoms with Crippen LogP contribution in [-0.4, -0.2) is 41.6 Å². The van der Waals surface area contributed by atoms with E-state index in [0.717, 1.165) is 27.9 Å². The lowest BCUT2D eigenvalue weighted by molar-refractivity contribution is -0.113. The van der Waals surface area contributed by atoms with Crippen LogP contribution >= 0.6 is 23.1 Å². The number of para-hydroxylation sites is 1. The van der Waals surface area contributed by atoms with Crippen LogP contribution < -0.4 is 5.32 Å². The van der Waals surface area contributed by atoms with E-state index in [1.165, 1.54) is 35.2 Å². The summed E-state index contributed by atoms with van der Waals surface area (Å²) >= 11 is 2.59. The Bertz CT molecular complexity index is 1420. The third kappa shape index (κ3) is 4.37. The second-order valence-corrected chi connectivity index (χ2v) is 9.06. The number of hydrogen-bond acceptors (Lipinski definition) is 7. The van der Waals surface area contributed by atoms with Gasteiger partial charge in [-0.05, 0) is 36.8 Å². The molecule has 166 valence electrons. The maximum atomic E-state index is 13.6. The lowest BCUT2D eigenvalue weighted by Crippen LogP contribution is -2.14. The summed E-state index contributed by atoms with van der Waals surface area (Å²) in [7, 11) is 0. The van der Waals surface area contributed by atoms with Crippen molar-refractivity contribution in [2.45, 2.75) is 18.5 Å². The molecule has 5 aromatic rings. The number of carbonyl (C=O) groups excluding carboxylic acids is 1. The molecule has 0 bridgehead atoms. The Morgan fingerprint density at radius 3 is 2.73 bits per heavy atom. The van der Waals surface area contributed by atoms with E-state index in [1.54, 1.807) is 12.1 Å². The summed E-state index contributed by atoms with van der Waals surface area (Å²) in [6.07, 6.45) is 2.64. The fraction of sp³-hybridized carbons (Fsp3) is 0.136. The van der Waals surface area contributed by atoms with Gasteiger partial charge in [-0.3, -0.25) is 14.7 Å². The van der Waals surface area contributed by atoms with Crippen molar-refractivity contribution < 1.29 is 9.18 Å². The van der Waals surface area contributed by atoms with E-state index in [9.17, 15) is 9.18 Å². The fourth-order valence-corrected chi connectivity index (χ4v) is 4.80. The molecular formula is C22H18FN7OS2. The van der Waals surface area contributed by atoms with Gasteiger partial charge < -0.3 is 4.98 Å². The molecule has 3 heterocycles. The van der Waals surface area contributed by atoms with Crippen LogP contribution in [0.15, 0.2) is 59.9 Å². The number of H-pyrrole nitrogens is 1. The van der Waals surface area contributed by atoms with E-state index >= 15 is 0 Å². The van der Waals surface area contributed by atoms with Gasteiger partial charge in [0.1, 0.15) is 10.8 Å². The zero-order chi connectivity index (χ0) is 22.8. The molecule has 0 radical (unpaired) electrons. The van der Waals surface area contributed by atoms with Gasteiger partial charge in [0.2, 0.25) is 11.0 Å². The zero-order valence-corrected chi connectivity index (χ0v) is 19.1. The van der Waals surface area contributed by atoms with Gasteiger partial charge in [-0.1, -0.05) is 48.2 Å². The summed E-state index contributed by atoms with van der Waals surface area (Å²) in [5.74, 6) is 0.145. The number of fused-ring (bicyclic) bond motifs is 1. The molecule has 0 fully saturated rings. The molecule has 0 aliphatic carbocycles. The van der Waals surface area contributed by atoms with Crippen molar-refractivity contribution in [1.82, 2.24) is 29.9 Å². The number of aromatic amines is 1. The molecular weight excluding hydrogens is 461 g/mol. The van der Waals surface area contributed by atoms with Crippen LogP contribution in [0.2, 0.25) is 0 Å². The first-order chi connectivity index (χ1) is 16.1. The maximum Gasteiger partial charge on any atom is 0.236 e. The molecule has 33 heavy (non-hydrogen) atoms. The number of benzene rings is 2. The Morgan fingerprint density at radius 2 is 1.94 bits per heavy atom.